The third-order valence-corrected chi connectivity index (χ3v) is 8.87. The van der Waals surface area contributed by atoms with Gasteiger partial charge in [-0.25, -0.2) is 0 Å². The van der Waals surface area contributed by atoms with Gasteiger partial charge in [-0.05, 0) is 132 Å². The van der Waals surface area contributed by atoms with Crippen molar-refractivity contribution in [3.05, 3.63) is 130 Å². The predicted molar refractivity (Wildman–Crippen MR) is 174 cm³/mol. The molecule has 0 amide bonds. The van der Waals surface area contributed by atoms with Crippen LogP contribution >= 0.6 is 0 Å². The summed E-state index contributed by atoms with van der Waals surface area (Å²) >= 11 is 0. The molecule has 202 valence electrons. The summed E-state index contributed by atoms with van der Waals surface area (Å²) < 4.78 is 0. The second-order valence-electron chi connectivity index (χ2n) is 11.7. The third kappa shape index (κ3) is 5.03. The maximum atomic E-state index is 4.18. The molecule has 0 nitrogen and oxygen atoms in total. The van der Waals surface area contributed by atoms with Crippen molar-refractivity contribution in [2.24, 2.45) is 5.92 Å². The number of allylic oxidation sites excluding steroid dienone is 9. The van der Waals surface area contributed by atoms with Gasteiger partial charge in [-0.2, -0.15) is 0 Å². The molecule has 0 bridgehead atoms. The zero-order valence-electron chi connectivity index (χ0n) is 25.3. The summed E-state index contributed by atoms with van der Waals surface area (Å²) in [6.45, 7) is 28.1. The first-order valence-corrected chi connectivity index (χ1v) is 14.6. The van der Waals surface area contributed by atoms with Crippen LogP contribution in [0.15, 0.2) is 96.2 Å². The molecule has 0 saturated heterocycles. The van der Waals surface area contributed by atoms with Crippen LogP contribution in [-0.2, 0) is 11.8 Å². The predicted octanol–water partition coefficient (Wildman–Crippen LogP) is 11.3. The molecule has 0 spiro atoms. The molecule has 0 heterocycles. The molecule has 1 saturated carbocycles. The summed E-state index contributed by atoms with van der Waals surface area (Å²) in [6.07, 6.45) is 17.3. The first-order chi connectivity index (χ1) is 18.7. The Bertz CT molecular complexity index is 1450. The van der Waals surface area contributed by atoms with Gasteiger partial charge in [-0.15, -0.1) is 0 Å². The highest BCUT2D eigenvalue weighted by Crippen LogP contribution is 2.52. The molecule has 1 fully saturated rings. The first-order valence-electron chi connectivity index (χ1n) is 14.6. The summed E-state index contributed by atoms with van der Waals surface area (Å²) in [5.41, 5.74) is 17.6. The van der Waals surface area contributed by atoms with Crippen LogP contribution in [0, 0.1) is 12.8 Å². The topological polar surface area (TPSA) is 0 Å². The van der Waals surface area contributed by atoms with Crippen molar-refractivity contribution in [3.63, 3.8) is 0 Å². The number of aryl methyl sites for hydroxylation is 1. The Morgan fingerprint density at radius 1 is 1.00 bits per heavy atom. The molecule has 0 radical (unpaired) electrons. The highest BCUT2D eigenvalue weighted by atomic mass is 14.4. The summed E-state index contributed by atoms with van der Waals surface area (Å²) in [5.74, 6) is 0.662. The third-order valence-electron chi connectivity index (χ3n) is 8.87. The molecular weight excluding hydrogens is 468 g/mol. The van der Waals surface area contributed by atoms with Crippen molar-refractivity contribution in [1.82, 2.24) is 0 Å². The smallest absolute Gasteiger partial charge is 0.0159 e. The van der Waals surface area contributed by atoms with E-state index in [9.17, 15) is 0 Å². The minimum absolute atomic E-state index is 0.0639. The van der Waals surface area contributed by atoms with E-state index in [2.05, 4.69) is 111 Å². The molecule has 0 N–H and O–H groups in total. The summed E-state index contributed by atoms with van der Waals surface area (Å²) in [5, 5.41) is 0. The van der Waals surface area contributed by atoms with Crippen molar-refractivity contribution in [2.75, 3.05) is 0 Å². The quantitative estimate of drug-likeness (QED) is 0.277. The van der Waals surface area contributed by atoms with E-state index < -0.39 is 0 Å². The lowest BCUT2D eigenvalue weighted by Gasteiger charge is -2.24. The van der Waals surface area contributed by atoms with E-state index in [4.69, 9.17) is 0 Å². The minimum atomic E-state index is -0.0639. The standard InChI is InChI=1S/C39H46/c1-11-17-33(25(7)12-2)32(16-6)37(29-19-20-29)28(13-3)23-27-18-21-34-35(24-27)39(9,10)36-22-26(8)30(14-4)31(15-5)38(34)36/h11-15,17-18,21-22,24,29H,2,4-5,16,19-20,23H2,1,3,6-10H3/b17-11-,28-13-,33-25+,37-32-. The van der Waals surface area contributed by atoms with Gasteiger partial charge in [0.2, 0.25) is 0 Å². The number of fused-ring (bicyclic) bond motifs is 3. The van der Waals surface area contributed by atoms with E-state index in [1.807, 2.05) is 18.2 Å². The maximum absolute atomic E-state index is 4.18. The second-order valence-corrected chi connectivity index (χ2v) is 11.7. The normalized spacial score (nSPS) is 17.4. The van der Waals surface area contributed by atoms with Gasteiger partial charge in [-0.3, -0.25) is 0 Å². The van der Waals surface area contributed by atoms with E-state index in [0.29, 0.717) is 5.92 Å². The Kier molecular flexibility index (Phi) is 8.36. The van der Waals surface area contributed by atoms with Crippen LogP contribution in [0.5, 0.6) is 0 Å². The molecule has 2 aliphatic rings. The fraction of sp³-hybridized carbons (Fsp3) is 0.333. The average molecular weight is 515 g/mol. The molecule has 4 rings (SSSR count). The van der Waals surface area contributed by atoms with Gasteiger partial charge in [0.1, 0.15) is 0 Å². The van der Waals surface area contributed by atoms with Crippen LogP contribution in [0.3, 0.4) is 0 Å². The van der Waals surface area contributed by atoms with Crippen LogP contribution in [0.2, 0.25) is 0 Å². The number of hydrogen-bond donors (Lipinski definition) is 0. The van der Waals surface area contributed by atoms with E-state index in [1.165, 1.54) is 79.6 Å². The molecule has 0 unspecified atom stereocenters. The van der Waals surface area contributed by atoms with Gasteiger partial charge in [-0.1, -0.05) is 101 Å². The van der Waals surface area contributed by atoms with Crippen LogP contribution in [0.25, 0.3) is 23.3 Å². The average Bonchev–Trinajstić information content (AvgIpc) is 3.74. The fourth-order valence-electron chi connectivity index (χ4n) is 6.63. The fourth-order valence-corrected chi connectivity index (χ4v) is 6.63. The number of hydrogen-bond acceptors (Lipinski definition) is 0. The van der Waals surface area contributed by atoms with Crippen molar-refractivity contribution in [3.8, 4) is 11.1 Å². The summed E-state index contributed by atoms with van der Waals surface area (Å²) in [6, 6.07) is 9.55. The molecule has 2 aromatic carbocycles. The number of rotatable bonds is 10. The van der Waals surface area contributed by atoms with Crippen molar-refractivity contribution in [2.45, 2.75) is 79.6 Å². The van der Waals surface area contributed by atoms with Crippen LogP contribution in [-0.4, -0.2) is 0 Å². The number of benzene rings is 2. The zero-order valence-corrected chi connectivity index (χ0v) is 25.3. The lowest BCUT2D eigenvalue weighted by atomic mass is 9.80. The molecule has 0 atom stereocenters. The van der Waals surface area contributed by atoms with Crippen molar-refractivity contribution >= 4 is 12.2 Å². The Hall–Kier alpha value is -3.38. The Balaban J connectivity index is 1.83. The monoisotopic (exact) mass is 514 g/mol. The Labute approximate surface area is 238 Å². The SMILES string of the molecule is C=C/C(C)=C(\C=C/C)C(/CC)=C(/C(=C\C)Cc1ccc2c(c1)C(C)(C)c1cc(C)c(C=C)c(C=C)c1-2)C1CC1. The largest absolute Gasteiger partial charge is 0.0988 e. The van der Waals surface area contributed by atoms with Gasteiger partial charge in [0, 0.05) is 5.41 Å². The molecule has 0 aromatic heterocycles. The van der Waals surface area contributed by atoms with E-state index in [1.54, 1.807) is 5.57 Å². The van der Waals surface area contributed by atoms with Gasteiger partial charge in [0.25, 0.3) is 0 Å². The van der Waals surface area contributed by atoms with E-state index >= 15 is 0 Å². The Morgan fingerprint density at radius 2 is 1.69 bits per heavy atom. The lowest BCUT2D eigenvalue weighted by Crippen LogP contribution is -2.16. The highest BCUT2D eigenvalue weighted by molar-refractivity contribution is 5.91. The molecule has 2 aliphatic carbocycles. The Morgan fingerprint density at radius 3 is 2.23 bits per heavy atom. The zero-order chi connectivity index (χ0) is 28.5. The van der Waals surface area contributed by atoms with E-state index in [-0.39, 0.29) is 5.41 Å². The van der Waals surface area contributed by atoms with Crippen LogP contribution < -0.4 is 0 Å². The second kappa shape index (κ2) is 11.4. The van der Waals surface area contributed by atoms with Crippen molar-refractivity contribution < 1.29 is 0 Å². The molecule has 0 aliphatic heterocycles. The maximum Gasteiger partial charge on any atom is 0.0159 e. The lowest BCUT2D eigenvalue weighted by molar-refractivity contribution is 0.658. The van der Waals surface area contributed by atoms with Crippen LogP contribution in [0.1, 0.15) is 94.2 Å². The van der Waals surface area contributed by atoms with Gasteiger partial charge in [0.15, 0.2) is 0 Å². The highest BCUT2D eigenvalue weighted by Gasteiger charge is 2.38. The molecule has 0 heteroatoms. The molecular formula is C39H46. The van der Waals surface area contributed by atoms with Crippen LogP contribution in [0.4, 0.5) is 0 Å². The minimum Gasteiger partial charge on any atom is -0.0988 e. The van der Waals surface area contributed by atoms with E-state index in [0.717, 1.165) is 12.8 Å². The van der Waals surface area contributed by atoms with Crippen molar-refractivity contribution in [1.29, 1.82) is 0 Å². The molecule has 2 aromatic rings. The first kappa shape index (κ1) is 28.6. The van der Waals surface area contributed by atoms with Gasteiger partial charge in [0.05, 0.1) is 0 Å². The van der Waals surface area contributed by atoms with Gasteiger partial charge < -0.3 is 0 Å². The molecule has 39 heavy (non-hydrogen) atoms. The summed E-state index contributed by atoms with van der Waals surface area (Å²) in [4.78, 5) is 0. The summed E-state index contributed by atoms with van der Waals surface area (Å²) in [7, 11) is 0. The van der Waals surface area contributed by atoms with Gasteiger partial charge >= 0.3 is 0 Å².